The van der Waals surface area contributed by atoms with Gasteiger partial charge >= 0.3 is 0 Å². The normalized spacial score (nSPS) is 19.3. The van der Waals surface area contributed by atoms with E-state index >= 15 is 0 Å². The molecule has 112 valence electrons. The van der Waals surface area contributed by atoms with Gasteiger partial charge < -0.3 is 10.6 Å². The zero-order chi connectivity index (χ0) is 14.9. The van der Waals surface area contributed by atoms with Crippen LogP contribution < -0.4 is 5.73 Å². The van der Waals surface area contributed by atoms with Crippen LogP contribution >= 0.6 is 0 Å². The third-order valence-corrected chi connectivity index (χ3v) is 4.96. The largest absolute Gasteiger partial charge is 0.329 e. The van der Waals surface area contributed by atoms with Crippen molar-refractivity contribution in [2.45, 2.75) is 33.7 Å². The second kappa shape index (κ2) is 6.25. The maximum atomic E-state index is 6.15. The molecule has 0 radical (unpaired) electrons. The summed E-state index contributed by atoms with van der Waals surface area (Å²) in [5.41, 5.74) is 13.2. The van der Waals surface area contributed by atoms with E-state index in [2.05, 4.69) is 50.6 Å². The number of likely N-dealkylation sites (N-methyl/N-ethyl adjacent to an activating group) is 1. The molecule has 3 heteroatoms. The summed E-state index contributed by atoms with van der Waals surface area (Å²) in [5, 5.41) is 0. The topological polar surface area (TPSA) is 32.5 Å². The lowest BCUT2D eigenvalue weighted by Gasteiger charge is -2.39. The van der Waals surface area contributed by atoms with E-state index in [1.807, 2.05) is 0 Å². The lowest BCUT2D eigenvalue weighted by Crippen LogP contribution is -2.47. The first-order valence-corrected chi connectivity index (χ1v) is 7.65. The number of rotatable bonds is 3. The molecule has 2 rings (SSSR count). The van der Waals surface area contributed by atoms with Crippen LogP contribution in [0.15, 0.2) is 6.07 Å². The minimum Gasteiger partial charge on any atom is -0.329 e. The summed E-state index contributed by atoms with van der Waals surface area (Å²) in [7, 11) is 2.20. The molecule has 1 aliphatic heterocycles. The lowest BCUT2D eigenvalue weighted by molar-refractivity contribution is 0.114. The minimum absolute atomic E-state index is 0.363. The lowest BCUT2D eigenvalue weighted by atomic mass is 9.89. The first-order valence-electron chi connectivity index (χ1n) is 7.65. The summed E-state index contributed by atoms with van der Waals surface area (Å²) in [4.78, 5) is 4.96. The Balaban J connectivity index is 2.37. The number of piperazine rings is 1. The van der Waals surface area contributed by atoms with Gasteiger partial charge in [0, 0.05) is 38.8 Å². The third-order valence-electron chi connectivity index (χ3n) is 4.96. The van der Waals surface area contributed by atoms with Gasteiger partial charge in [0.2, 0.25) is 0 Å². The zero-order valence-electron chi connectivity index (χ0n) is 13.7. The number of hydrogen-bond acceptors (Lipinski definition) is 3. The fourth-order valence-electron chi connectivity index (χ4n) is 3.33. The molecule has 0 spiro atoms. The van der Waals surface area contributed by atoms with Crippen molar-refractivity contribution < 1.29 is 0 Å². The van der Waals surface area contributed by atoms with Crippen molar-refractivity contribution in [3.8, 4) is 0 Å². The van der Waals surface area contributed by atoms with Gasteiger partial charge in [0.05, 0.1) is 0 Å². The summed E-state index contributed by atoms with van der Waals surface area (Å²) < 4.78 is 0. The van der Waals surface area contributed by atoms with Crippen molar-refractivity contribution in [2.75, 3.05) is 39.8 Å². The molecule has 2 N–H and O–H groups in total. The van der Waals surface area contributed by atoms with Crippen LogP contribution in [-0.4, -0.2) is 49.6 Å². The predicted molar refractivity (Wildman–Crippen MR) is 86.3 cm³/mol. The van der Waals surface area contributed by atoms with Gasteiger partial charge in [-0.3, -0.25) is 4.90 Å². The van der Waals surface area contributed by atoms with Crippen molar-refractivity contribution >= 4 is 0 Å². The van der Waals surface area contributed by atoms with E-state index in [9.17, 15) is 0 Å². The fraction of sp³-hybridized carbons (Fsp3) is 0.647. The van der Waals surface area contributed by atoms with Crippen LogP contribution in [0.2, 0.25) is 0 Å². The SMILES string of the molecule is Cc1cc(C)c(C)c(C(CN)N2CCN(C)CC2)c1C. The van der Waals surface area contributed by atoms with Crippen LogP contribution in [0.1, 0.15) is 33.9 Å². The van der Waals surface area contributed by atoms with Gasteiger partial charge in [0.25, 0.3) is 0 Å². The highest BCUT2D eigenvalue weighted by atomic mass is 15.3. The molecule has 1 aliphatic rings. The van der Waals surface area contributed by atoms with E-state index in [-0.39, 0.29) is 0 Å². The van der Waals surface area contributed by atoms with E-state index < -0.39 is 0 Å². The molecule has 1 aromatic rings. The third kappa shape index (κ3) is 2.90. The molecule has 0 amide bonds. The van der Waals surface area contributed by atoms with Crippen molar-refractivity contribution in [2.24, 2.45) is 5.73 Å². The van der Waals surface area contributed by atoms with Gasteiger partial charge in [-0.15, -0.1) is 0 Å². The standard InChI is InChI=1S/C17H29N3/c1-12-10-13(2)15(4)17(14(12)3)16(11-18)20-8-6-19(5)7-9-20/h10,16H,6-9,11,18H2,1-5H3. The van der Waals surface area contributed by atoms with Crippen LogP contribution in [0.25, 0.3) is 0 Å². The summed E-state index contributed by atoms with van der Waals surface area (Å²) in [6.45, 7) is 14.1. The van der Waals surface area contributed by atoms with Crippen LogP contribution in [0.5, 0.6) is 0 Å². The average molecular weight is 275 g/mol. The summed E-state index contributed by atoms with van der Waals surface area (Å²) in [5.74, 6) is 0. The Kier molecular flexibility index (Phi) is 4.84. The van der Waals surface area contributed by atoms with E-state index in [1.165, 1.54) is 27.8 Å². The van der Waals surface area contributed by atoms with E-state index in [4.69, 9.17) is 5.73 Å². The van der Waals surface area contributed by atoms with Crippen LogP contribution in [0, 0.1) is 27.7 Å². The molecule has 20 heavy (non-hydrogen) atoms. The minimum atomic E-state index is 0.363. The average Bonchev–Trinajstić information content (AvgIpc) is 2.43. The highest BCUT2D eigenvalue weighted by Gasteiger charge is 2.26. The second-order valence-corrected chi connectivity index (χ2v) is 6.26. The van der Waals surface area contributed by atoms with Crippen molar-refractivity contribution in [3.63, 3.8) is 0 Å². The number of benzene rings is 1. The smallest absolute Gasteiger partial charge is 0.0476 e. The fourth-order valence-corrected chi connectivity index (χ4v) is 3.33. The van der Waals surface area contributed by atoms with Gasteiger partial charge in [0.1, 0.15) is 0 Å². The van der Waals surface area contributed by atoms with Crippen molar-refractivity contribution in [3.05, 3.63) is 33.9 Å². The van der Waals surface area contributed by atoms with Gasteiger partial charge in [-0.1, -0.05) is 6.07 Å². The Bertz CT molecular complexity index is 447. The molecule has 1 unspecified atom stereocenters. The van der Waals surface area contributed by atoms with Gasteiger partial charge in [-0.2, -0.15) is 0 Å². The van der Waals surface area contributed by atoms with Crippen LogP contribution in [0.4, 0.5) is 0 Å². The van der Waals surface area contributed by atoms with Crippen molar-refractivity contribution in [1.29, 1.82) is 0 Å². The number of nitrogens with zero attached hydrogens (tertiary/aromatic N) is 2. The molecule has 1 aromatic carbocycles. The Labute approximate surface area is 123 Å². The zero-order valence-corrected chi connectivity index (χ0v) is 13.7. The molecular formula is C17H29N3. The number of hydrogen-bond donors (Lipinski definition) is 1. The first kappa shape index (κ1) is 15.5. The maximum Gasteiger partial charge on any atom is 0.0476 e. The first-order chi connectivity index (χ1) is 9.45. The van der Waals surface area contributed by atoms with Crippen LogP contribution in [-0.2, 0) is 0 Å². The Morgan fingerprint density at radius 2 is 1.50 bits per heavy atom. The van der Waals surface area contributed by atoms with Crippen LogP contribution in [0.3, 0.4) is 0 Å². The molecule has 0 saturated carbocycles. The molecule has 1 fully saturated rings. The molecule has 0 aliphatic carbocycles. The van der Waals surface area contributed by atoms with Gasteiger partial charge in [-0.05, 0) is 62.6 Å². The monoisotopic (exact) mass is 275 g/mol. The molecule has 1 heterocycles. The molecule has 1 saturated heterocycles. The highest BCUT2D eigenvalue weighted by Crippen LogP contribution is 2.31. The van der Waals surface area contributed by atoms with E-state index in [1.54, 1.807) is 0 Å². The Hall–Kier alpha value is -0.900. The summed E-state index contributed by atoms with van der Waals surface area (Å²) in [6, 6.07) is 2.66. The second-order valence-electron chi connectivity index (χ2n) is 6.26. The van der Waals surface area contributed by atoms with E-state index in [0.717, 1.165) is 26.2 Å². The highest BCUT2D eigenvalue weighted by molar-refractivity contribution is 5.46. The molecule has 0 bridgehead atoms. The molecule has 0 aromatic heterocycles. The Morgan fingerprint density at radius 3 is 1.95 bits per heavy atom. The predicted octanol–water partition coefficient (Wildman–Crippen LogP) is 2.17. The Morgan fingerprint density at radius 1 is 1.00 bits per heavy atom. The quantitative estimate of drug-likeness (QED) is 0.917. The molecular weight excluding hydrogens is 246 g/mol. The summed E-state index contributed by atoms with van der Waals surface area (Å²) in [6.07, 6.45) is 0. The number of nitrogens with two attached hydrogens (primary N) is 1. The molecule has 1 atom stereocenters. The van der Waals surface area contributed by atoms with E-state index in [0.29, 0.717) is 12.6 Å². The maximum absolute atomic E-state index is 6.15. The van der Waals surface area contributed by atoms with Gasteiger partial charge in [-0.25, -0.2) is 0 Å². The van der Waals surface area contributed by atoms with Gasteiger partial charge in [0.15, 0.2) is 0 Å². The summed E-state index contributed by atoms with van der Waals surface area (Å²) >= 11 is 0. The van der Waals surface area contributed by atoms with Crippen molar-refractivity contribution in [1.82, 2.24) is 9.80 Å². The molecule has 3 nitrogen and oxygen atoms in total. The number of aryl methyl sites for hydroxylation is 2.